The number of aromatic amines is 1. The summed E-state index contributed by atoms with van der Waals surface area (Å²) < 4.78 is 38.6. The Hall–Kier alpha value is -4.65. The number of aromatic nitrogens is 5. The first-order valence-corrected chi connectivity index (χ1v) is 14.0. The maximum atomic E-state index is 13.5. The van der Waals surface area contributed by atoms with Crippen molar-refractivity contribution >= 4 is 17.5 Å². The van der Waals surface area contributed by atoms with Crippen LogP contribution in [0.15, 0.2) is 66.9 Å². The molecule has 43 heavy (non-hydrogen) atoms. The summed E-state index contributed by atoms with van der Waals surface area (Å²) in [6.07, 6.45) is 0.0596. The minimum absolute atomic E-state index is 0.171. The molecule has 1 saturated carbocycles. The van der Waals surface area contributed by atoms with Gasteiger partial charge in [-0.05, 0) is 84.8 Å². The molecule has 1 aliphatic carbocycles. The van der Waals surface area contributed by atoms with Crippen LogP contribution in [0, 0.1) is 11.8 Å². The Bertz CT molecular complexity index is 1500. The van der Waals surface area contributed by atoms with Crippen LogP contribution in [0.3, 0.4) is 0 Å². The van der Waals surface area contributed by atoms with E-state index in [1.807, 2.05) is 0 Å². The van der Waals surface area contributed by atoms with Gasteiger partial charge in [0, 0.05) is 35.3 Å². The van der Waals surface area contributed by atoms with Gasteiger partial charge < -0.3 is 16.4 Å². The highest BCUT2D eigenvalue weighted by Crippen LogP contribution is 2.30. The quantitative estimate of drug-likeness (QED) is 0.225. The van der Waals surface area contributed by atoms with E-state index in [-0.39, 0.29) is 24.2 Å². The van der Waals surface area contributed by atoms with E-state index in [4.69, 9.17) is 5.73 Å². The van der Waals surface area contributed by atoms with Crippen LogP contribution in [-0.2, 0) is 22.2 Å². The van der Waals surface area contributed by atoms with Crippen LogP contribution in [0.4, 0.5) is 18.9 Å². The Morgan fingerprint density at radius 2 is 1.60 bits per heavy atom. The summed E-state index contributed by atoms with van der Waals surface area (Å²) in [5.41, 5.74) is 8.06. The Balaban J connectivity index is 1.29. The molecule has 0 bridgehead atoms. The fourth-order valence-electron chi connectivity index (χ4n) is 5.18. The fraction of sp³-hybridized carbons (Fsp3) is 0.333. The predicted molar refractivity (Wildman–Crippen MR) is 153 cm³/mol. The van der Waals surface area contributed by atoms with Crippen molar-refractivity contribution in [3.05, 3.63) is 78.1 Å². The molecule has 1 unspecified atom stereocenters. The molecule has 0 radical (unpaired) electrons. The monoisotopic (exact) mass is 592 g/mol. The van der Waals surface area contributed by atoms with Gasteiger partial charge in [-0.3, -0.25) is 14.6 Å². The van der Waals surface area contributed by atoms with Crippen LogP contribution in [0.25, 0.3) is 22.5 Å². The number of H-pyrrole nitrogens is 1. The Morgan fingerprint density at radius 3 is 2.19 bits per heavy atom. The highest BCUT2D eigenvalue weighted by Gasteiger charge is 2.32. The summed E-state index contributed by atoms with van der Waals surface area (Å²) >= 11 is 0. The van der Waals surface area contributed by atoms with Crippen molar-refractivity contribution in [2.75, 3.05) is 11.9 Å². The molecule has 0 spiro atoms. The molecule has 2 heterocycles. The van der Waals surface area contributed by atoms with Crippen LogP contribution in [0.5, 0.6) is 0 Å². The van der Waals surface area contributed by atoms with Gasteiger partial charge in [0.15, 0.2) is 0 Å². The zero-order chi connectivity index (χ0) is 30.4. The first kappa shape index (κ1) is 29.8. The Morgan fingerprint density at radius 1 is 0.930 bits per heavy atom. The summed E-state index contributed by atoms with van der Waals surface area (Å²) in [5.74, 6) is 0.0876. The third-order valence-electron chi connectivity index (χ3n) is 7.72. The normalized spacial score (nSPS) is 17.7. The van der Waals surface area contributed by atoms with Crippen LogP contribution in [0.2, 0.25) is 0 Å². The van der Waals surface area contributed by atoms with E-state index < -0.39 is 17.9 Å². The predicted octanol–water partition coefficient (Wildman–Crippen LogP) is 4.38. The number of carbonyl (C=O) groups excluding carboxylic acids is 2. The number of amides is 2. The van der Waals surface area contributed by atoms with E-state index in [1.165, 1.54) is 12.3 Å². The number of nitrogens with two attached hydrogens (primary N) is 1. The van der Waals surface area contributed by atoms with E-state index in [1.54, 1.807) is 48.5 Å². The number of hydrogen-bond acceptors (Lipinski definition) is 7. The standard InChI is InChI=1S/C30H31F3N8O2/c31-30(32,33)26-14-11-23(17-35-26)20-5-1-18(2-6-20)15-25(37-28(42)22-7-3-19(16-34)4-8-22)29(43)36-24-12-9-21(10-13-24)27-38-40-41-39-27/h1-2,5-6,9-14,17,19,22,25H,3-4,7-8,15-16,34H2,(H,36,43)(H,37,42)(H,38,39,40,41). The number of tetrazole rings is 1. The summed E-state index contributed by atoms with van der Waals surface area (Å²) in [6.45, 7) is 0.601. The van der Waals surface area contributed by atoms with Crippen molar-refractivity contribution < 1.29 is 22.8 Å². The average molecular weight is 593 g/mol. The molecule has 0 saturated heterocycles. The van der Waals surface area contributed by atoms with Gasteiger partial charge in [-0.1, -0.05) is 30.3 Å². The number of halogens is 3. The van der Waals surface area contributed by atoms with Crippen molar-refractivity contribution in [1.82, 2.24) is 30.9 Å². The van der Waals surface area contributed by atoms with Gasteiger partial charge in [-0.15, -0.1) is 10.2 Å². The largest absolute Gasteiger partial charge is 0.433 e. The average Bonchev–Trinajstić information content (AvgIpc) is 3.56. The van der Waals surface area contributed by atoms with Gasteiger partial charge in [0.25, 0.3) is 0 Å². The summed E-state index contributed by atoms with van der Waals surface area (Å²) in [7, 11) is 0. The second kappa shape index (κ2) is 13.1. The number of hydrogen-bond donors (Lipinski definition) is 4. The van der Waals surface area contributed by atoms with E-state index in [2.05, 4.69) is 36.2 Å². The number of anilines is 1. The number of rotatable bonds is 9. The number of carbonyl (C=O) groups is 2. The third-order valence-corrected chi connectivity index (χ3v) is 7.72. The molecule has 10 nitrogen and oxygen atoms in total. The highest BCUT2D eigenvalue weighted by atomic mass is 19.4. The zero-order valence-electron chi connectivity index (χ0n) is 23.1. The molecule has 0 aliphatic heterocycles. The molecular weight excluding hydrogens is 561 g/mol. The molecule has 224 valence electrons. The number of nitrogens with one attached hydrogen (secondary N) is 3. The number of alkyl halides is 3. The lowest BCUT2D eigenvalue weighted by Crippen LogP contribution is -2.48. The lowest BCUT2D eigenvalue weighted by atomic mass is 9.81. The van der Waals surface area contributed by atoms with E-state index in [0.29, 0.717) is 40.7 Å². The molecule has 5 N–H and O–H groups in total. The summed E-state index contributed by atoms with van der Waals surface area (Å²) in [5, 5.41) is 19.7. The third kappa shape index (κ3) is 7.60. The molecule has 1 aliphatic rings. The van der Waals surface area contributed by atoms with Gasteiger partial charge in [0.1, 0.15) is 11.7 Å². The smallest absolute Gasteiger partial charge is 0.344 e. The Labute approximate surface area is 245 Å². The van der Waals surface area contributed by atoms with Gasteiger partial charge in [0.2, 0.25) is 17.6 Å². The maximum absolute atomic E-state index is 13.5. The summed E-state index contributed by atoms with van der Waals surface area (Å²) in [4.78, 5) is 30.2. The van der Waals surface area contributed by atoms with E-state index >= 15 is 0 Å². The van der Waals surface area contributed by atoms with Gasteiger partial charge in [-0.25, -0.2) is 0 Å². The molecule has 2 amide bonds. The molecule has 2 aromatic heterocycles. The fourth-order valence-corrected chi connectivity index (χ4v) is 5.18. The van der Waals surface area contributed by atoms with Gasteiger partial charge in [-0.2, -0.15) is 18.4 Å². The van der Waals surface area contributed by atoms with Crippen molar-refractivity contribution in [2.45, 2.75) is 44.3 Å². The SMILES string of the molecule is NCC1CCC(C(=O)NC(Cc2ccc(-c3ccc(C(F)(F)F)nc3)cc2)C(=O)Nc2ccc(-c3nn[nH]n3)cc2)CC1. The van der Waals surface area contributed by atoms with Crippen LogP contribution in [0.1, 0.15) is 36.9 Å². The minimum atomic E-state index is -4.51. The number of nitrogens with zero attached hydrogens (tertiary/aromatic N) is 4. The van der Waals surface area contributed by atoms with Crippen molar-refractivity contribution in [3.63, 3.8) is 0 Å². The van der Waals surface area contributed by atoms with Crippen LogP contribution in [-0.4, -0.2) is 50.0 Å². The maximum Gasteiger partial charge on any atom is 0.433 e. The molecule has 13 heteroatoms. The van der Waals surface area contributed by atoms with Gasteiger partial charge in [0.05, 0.1) is 0 Å². The molecule has 4 aromatic rings. The van der Waals surface area contributed by atoms with Crippen LogP contribution >= 0.6 is 0 Å². The molecule has 2 aromatic carbocycles. The number of benzene rings is 2. The minimum Gasteiger partial charge on any atom is -0.344 e. The summed E-state index contributed by atoms with van der Waals surface area (Å²) in [6, 6.07) is 15.4. The first-order valence-electron chi connectivity index (χ1n) is 14.0. The second-order valence-electron chi connectivity index (χ2n) is 10.6. The zero-order valence-corrected chi connectivity index (χ0v) is 23.1. The molecular formula is C30H31F3N8O2. The lowest BCUT2D eigenvalue weighted by Gasteiger charge is -2.28. The van der Waals surface area contributed by atoms with E-state index in [0.717, 1.165) is 37.3 Å². The molecule has 1 atom stereocenters. The first-order chi connectivity index (χ1) is 20.7. The van der Waals surface area contributed by atoms with E-state index in [9.17, 15) is 22.8 Å². The number of pyridine rings is 1. The topological polar surface area (TPSA) is 152 Å². The lowest BCUT2D eigenvalue weighted by molar-refractivity contribution is -0.141. The second-order valence-corrected chi connectivity index (χ2v) is 10.6. The van der Waals surface area contributed by atoms with Gasteiger partial charge >= 0.3 is 6.18 Å². The Kier molecular flexibility index (Phi) is 9.10. The molecule has 1 fully saturated rings. The highest BCUT2D eigenvalue weighted by molar-refractivity contribution is 5.97. The molecule has 5 rings (SSSR count). The van der Waals surface area contributed by atoms with Crippen molar-refractivity contribution in [2.24, 2.45) is 17.6 Å². The van der Waals surface area contributed by atoms with Crippen molar-refractivity contribution in [1.29, 1.82) is 0 Å². The van der Waals surface area contributed by atoms with Crippen LogP contribution < -0.4 is 16.4 Å². The van der Waals surface area contributed by atoms with Crippen molar-refractivity contribution in [3.8, 4) is 22.5 Å².